The first-order chi connectivity index (χ1) is 10.2. The highest BCUT2D eigenvalue weighted by atomic mass is 79.9. The second-order valence-corrected chi connectivity index (χ2v) is 5.49. The van der Waals surface area contributed by atoms with Crippen molar-refractivity contribution in [2.45, 2.75) is 0 Å². The SMILES string of the molecule is COc1cc(Br)cc(NC(=O)c2cccc3[nH]ccc23)c1. The summed E-state index contributed by atoms with van der Waals surface area (Å²) in [4.78, 5) is 15.6. The minimum atomic E-state index is -0.152. The van der Waals surface area contributed by atoms with E-state index in [-0.39, 0.29) is 5.91 Å². The molecule has 2 aromatic carbocycles. The van der Waals surface area contributed by atoms with E-state index < -0.39 is 0 Å². The summed E-state index contributed by atoms with van der Waals surface area (Å²) in [7, 11) is 1.59. The van der Waals surface area contributed by atoms with Gasteiger partial charge in [-0.25, -0.2) is 0 Å². The summed E-state index contributed by atoms with van der Waals surface area (Å²) in [6.45, 7) is 0. The molecule has 1 heterocycles. The van der Waals surface area contributed by atoms with E-state index in [9.17, 15) is 4.79 Å². The molecule has 5 heteroatoms. The Labute approximate surface area is 130 Å². The van der Waals surface area contributed by atoms with E-state index in [0.717, 1.165) is 15.4 Å². The van der Waals surface area contributed by atoms with Gasteiger partial charge in [0.05, 0.1) is 7.11 Å². The zero-order valence-corrected chi connectivity index (χ0v) is 12.9. The maximum absolute atomic E-state index is 12.5. The van der Waals surface area contributed by atoms with E-state index in [2.05, 4.69) is 26.2 Å². The molecule has 2 N–H and O–H groups in total. The number of H-pyrrole nitrogens is 1. The lowest BCUT2D eigenvalue weighted by atomic mass is 10.1. The van der Waals surface area contributed by atoms with E-state index in [0.29, 0.717) is 17.0 Å². The number of ether oxygens (including phenoxy) is 1. The molecule has 0 saturated heterocycles. The number of carbonyl (C=O) groups excluding carboxylic acids is 1. The quantitative estimate of drug-likeness (QED) is 0.748. The van der Waals surface area contributed by atoms with Crippen molar-refractivity contribution in [3.63, 3.8) is 0 Å². The smallest absolute Gasteiger partial charge is 0.256 e. The third-order valence-electron chi connectivity index (χ3n) is 3.20. The van der Waals surface area contributed by atoms with Crippen molar-refractivity contribution in [2.24, 2.45) is 0 Å². The van der Waals surface area contributed by atoms with Gasteiger partial charge < -0.3 is 15.0 Å². The third-order valence-corrected chi connectivity index (χ3v) is 3.66. The first-order valence-electron chi connectivity index (χ1n) is 6.39. The monoisotopic (exact) mass is 344 g/mol. The number of hydrogen-bond donors (Lipinski definition) is 2. The molecule has 0 bridgehead atoms. The summed E-state index contributed by atoms with van der Waals surface area (Å²) < 4.78 is 6.04. The van der Waals surface area contributed by atoms with Gasteiger partial charge in [0.1, 0.15) is 5.75 Å². The average Bonchev–Trinajstić information content (AvgIpc) is 2.94. The summed E-state index contributed by atoms with van der Waals surface area (Å²) in [5.41, 5.74) is 2.25. The van der Waals surface area contributed by atoms with Crippen LogP contribution in [-0.4, -0.2) is 18.0 Å². The van der Waals surface area contributed by atoms with Crippen molar-refractivity contribution in [1.82, 2.24) is 4.98 Å². The Balaban J connectivity index is 1.93. The van der Waals surface area contributed by atoms with Gasteiger partial charge in [-0.2, -0.15) is 0 Å². The molecule has 0 fully saturated rings. The van der Waals surface area contributed by atoms with E-state index in [4.69, 9.17) is 4.74 Å². The summed E-state index contributed by atoms with van der Waals surface area (Å²) in [6.07, 6.45) is 1.82. The second kappa shape index (κ2) is 5.61. The van der Waals surface area contributed by atoms with Crippen molar-refractivity contribution in [3.8, 4) is 5.75 Å². The minimum absolute atomic E-state index is 0.152. The molecular formula is C16H13BrN2O2. The molecule has 0 atom stereocenters. The predicted octanol–water partition coefficient (Wildman–Crippen LogP) is 4.19. The van der Waals surface area contributed by atoms with Crippen LogP contribution in [0.15, 0.2) is 53.1 Å². The molecule has 21 heavy (non-hydrogen) atoms. The van der Waals surface area contributed by atoms with Crippen molar-refractivity contribution >= 4 is 38.4 Å². The number of carbonyl (C=O) groups is 1. The largest absolute Gasteiger partial charge is 0.497 e. The Hall–Kier alpha value is -2.27. The van der Waals surface area contributed by atoms with Crippen molar-refractivity contribution in [3.05, 3.63) is 58.7 Å². The normalized spacial score (nSPS) is 10.6. The lowest BCUT2D eigenvalue weighted by molar-refractivity contribution is 0.102. The maximum Gasteiger partial charge on any atom is 0.256 e. The summed E-state index contributed by atoms with van der Waals surface area (Å²) >= 11 is 3.40. The number of anilines is 1. The Morgan fingerprint density at radius 3 is 2.90 bits per heavy atom. The Bertz CT molecular complexity index is 811. The topological polar surface area (TPSA) is 54.1 Å². The van der Waals surface area contributed by atoms with Gasteiger partial charge in [-0.1, -0.05) is 22.0 Å². The van der Waals surface area contributed by atoms with Crippen LogP contribution >= 0.6 is 15.9 Å². The number of methoxy groups -OCH3 is 1. The standard InChI is InChI=1S/C16H13BrN2O2/c1-21-12-8-10(17)7-11(9-12)19-16(20)14-3-2-4-15-13(14)5-6-18-15/h2-9,18H,1H3,(H,19,20). The van der Waals surface area contributed by atoms with Crippen molar-refractivity contribution < 1.29 is 9.53 Å². The lowest BCUT2D eigenvalue weighted by Gasteiger charge is -2.09. The minimum Gasteiger partial charge on any atom is -0.497 e. The molecule has 0 aliphatic carbocycles. The van der Waals surface area contributed by atoms with Gasteiger partial charge in [0.25, 0.3) is 5.91 Å². The highest BCUT2D eigenvalue weighted by Gasteiger charge is 2.11. The van der Waals surface area contributed by atoms with Gasteiger partial charge in [-0.05, 0) is 30.3 Å². The first-order valence-corrected chi connectivity index (χ1v) is 7.19. The molecule has 0 radical (unpaired) electrons. The zero-order chi connectivity index (χ0) is 14.8. The number of rotatable bonds is 3. The molecule has 0 spiro atoms. The fraction of sp³-hybridized carbons (Fsp3) is 0.0625. The number of aromatic amines is 1. The predicted molar refractivity (Wildman–Crippen MR) is 86.9 cm³/mol. The fourth-order valence-corrected chi connectivity index (χ4v) is 2.71. The van der Waals surface area contributed by atoms with Crippen molar-refractivity contribution in [1.29, 1.82) is 0 Å². The maximum atomic E-state index is 12.5. The second-order valence-electron chi connectivity index (χ2n) is 4.58. The molecule has 0 saturated carbocycles. The number of fused-ring (bicyclic) bond motifs is 1. The molecule has 3 rings (SSSR count). The molecule has 106 valence electrons. The summed E-state index contributed by atoms with van der Waals surface area (Å²) in [5, 5.41) is 3.79. The molecule has 0 aliphatic heterocycles. The number of benzene rings is 2. The summed E-state index contributed by atoms with van der Waals surface area (Å²) in [6, 6.07) is 12.9. The number of nitrogens with one attached hydrogen (secondary N) is 2. The average molecular weight is 345 g/mol. The molecule has 0 aliphatic rings. The highest BCUT2D eigenvalue weighted by Crippen LogP contribution is 2.25. The van der Waals surface area contributed by atoms with E-state index in [1.807, 2.05) is 36.5 Å². The van der Waals surface area contributed by atoms with Gasteiger partial charge in [0.15, 0.2) is 0 Å². The van der Waals surface area contributed by atoms with Crippen LogP contribution in [0.2, 0.25) is 0 Å². The van der Waals surface area contributed by atoms with Crippen LogP contribution in [0.25, 0.3) is 10.9 Å². The van der Waals surface area contributed by atoms with Crippen LogP contribution < -0.4 is 10.1 Å². The Kier molecular flexibility index (Phi) is 3.66. The van der Waals surface area contributed by atoms with Crippen LogP contribution in [-0.2, 0) is 0 Å². The van der Waals surface area contributed by atoms with E-state index in [1.165, 1.54) is 0 Å². The molecule has 3 aromatic rings. The van der Waals surface area contributed by atoms with E-state index >= 15 is 0 Å². The third kappa shape index (κ3) is 2.78. The molecular weight excluding hydrogens is 332 g/mol. The van der Waals surface area contributed by atoms with Crippen LogP contribution in [0.5, 0.6) is 5.75 Å². The molecule has 1 amide bonds. The van der Waals surface area contributed by atoms with E-state index in [1.54, 1.807) is 19.2 Å². The first kappa shape index (κ1) is 13.7. The van der Waals surface area contributed by atoms with Crippen LogP contribution in [0.1, 0.15) is 10.4 Å². The number of halogens is 1. The number of amides is 1. The molecule has 1 aromatic heterocycles. The molecule has 4 nitrogen and oxygen atoms in total. The number of aromatic nitrogens is 1. The van der Waals surface area contributed by atoms with Gasteiger partial charge in [-0.3, -0.25) is 4.79 Å². The molecule has 0 unspecified atom stereocenters. The Morgan fingerprint density at radius 1 is 1.24 bits per heavy atom. The van der Waals surface area contributed by atoms with Crippen molar-refractivity contribution in [2.75, 3.05) is 12.4 Å². The fourth-order valence-electron chi connectivity index (χ4n) is 2.23. The van der Waals surface area contributed by atoms with Crippen LogP contribution in [0.3, 0.4) is 0 Å². The zero-order valence-electron chi connectivity index (χ0n) is 11.3. The Morgan fingerprint density at radius 2 is 2.10 bits per heavy atom. The lowest BCUT2D eigenvalue weighted by Crippen LogP contribution is -2.12. The van der Waals surface area contributed by atoms with Gasteiger partial charge in [0.2, 0.25) is 0 Å². The van der Waals surface area contributed by atoms with Gasteiger partial charge in [-0.15, -0.1) is 0 Å². The number of hydrogen-bond acceptors (Lipinski definition) is 2. The van der Waals surface area contributed by atoms with Crippen LogP contribution in [0.4, 0.5) is 5.69 Å². The van der Waals surface area contributed by atoms with Gasteiger partial charge in [0, 0.05) is 38.9 Å². The van der Waals surface area contributed by atoms with Gasteiger partial charge >= 0.3 is 0 Å². The highest BCUT2D eigenvalue weighted by molar-refractivity contribution is 9.10. The van der Waals surface area contributed by atoms with Crippen LogP contribution in [0, 0.1) is 0 Å². The summed E-state index contributed by atoms with van der Waals surface area (Å²) in [5.74, 6) is 0.528.